The van der Waals surface area contributed by atoms with Crippen molar-refractivity contribution in [2.75, 3.05) is 13.1 Å². The van der Waals surface area contributed by atoms with Crippen LogP contribution in [0.3, 0.4) is 0 Å². The molecule has 5 heteroatoms. The molecule has 1 amide bonds. The van der Waals surface area contributed by atoms with Gasteiger partial charge in [0, 0.05) is 35.1 Å². The third kappa shape index (κ3) is 2.18. The van der Waals surface area contributed by atoms with Crippen LogP contribution in [0.25, 0.3) is 15.7 Å². The second-order valence-electron chi connectivity index (χ2n) is 4.94. The minimum absolute atomic E-state index is 0.0867. The smallest absolute Gasteiger partial charge is 0.255 e. The predicted octanol–water partition coefficient (Wildman–Crippen LogP) is 3.90. The Morgan fingerprint density at radius 2 is 2.19 bits per heavy atom. The van der Waals surface area contributed by atoms with Crippen molar-refractivity contribution < 1.29 is 4.79 Å². The molecule has 0 N–H and O–H groups in total. The quantitative estimate of drug-likeness (QED) is 0.719. The van der Waals surface area contributed by atoms with Gasteiger partial charge in [0.25, 0.3) is 5.91 Å². The van der Waals surface area contributed by atoms with E-state index in [1.165, 1.54) is 22.0 Å². The summed E-state index contributed by atoms with van der Waals surface area (Å²) in [6, 6.07) is 9.97. The number of rotatable bonds is 2. The summed E-state index contributed by atoms with van der Waals surface area (Å²) in [4.78, 5) is 15.9. The van der Waals surface area contributed by atoms with Gasteiger partial charge in [-0.3, -0.25) is 4.79 Å². The zero-order valence-corrected chi connectivity index (χ0v) is 12.8. The lowest BCUT2D eigenvalue weighted by Crippen LogP contribution is -2.28. The number of thiophene rings is 1. The maximum Gasteiger partial charge on any atom is 0.255 e. The SMILES string of the molecule is O=C(c1cccc2sncc12)N1CC=C(c2cccs2)C1. The van der Waals surface area contributed by atoms with E-state index in [0.717, 1.165) is 15.6 Å². The van der Waals surface area contributed by atoms with Crippen LogP contribution in [0.15, 0.2) is 48.0 Å². The zero-order chi connectivity index (χ0) is 14.2. The fourth-order valence-electron chi connectivity index (χ4n) is 2.60. The minimum atomic E-state index is 0.0867. The van der Waals surface area contributed by atoms with Crippen molar-refractivity contribution in [3.05, 3.63) is 58.4 Å². The molecule has 0 fully saturated rings. The van der Waals surface area contributed by atoms with Crippen molar-refractivity contribution in [3.63, 3.8) is 0 Å². The van der Waals surface area contributed by atoms with Crippen LogP contribution in [0.4, 0.5) is 0 Å². The largest absolute Gasteiger partial charge is 0.331 e. The second-order valence-corrected chi connectivity index (χ2v) is 6.72. The van der Waals surface area contributed by atoms with Gasteiger partial charge < -0.3 is 4.90 Å². The summed E-state index contributed by atoms with van der Waals surface area (Å²) in [5, 5.41) is 3.02. The number of carbonyl (C=O) groups excluding carboxylic acids is 1. The fourth-order valence-corrected chi connectivity index (χ4v) is 4.03. The number of hydrogen-bond acceptors (Lipinski definition) is 4. The lowest BCUT2D eigenvalue weighted by atomic mass is 10.1. The van der Waals surface area contributed by atoms with Crippen molar-refractivity contribution >= 4 is 44.4 Å². The lowest BCUT2D eigenvalue weighted by Gasteiger charge is -2.16. The van der Waals surface area contributed by atoms with E-state index in [9.17, 15) is 4.79 Å². The monoisotopic (exact) mass is 312 g/mol. The van der Waals surface area contributed by atoms with Crippen LogP contribution < -0.4 is 0 Å². The van der Waals surface area contributed by atoms with Gasteiger partial charge in [-0.05, 0) is 40.7 Å². The van der Waals surface area contributed by atoms with Gasteiger partial charge in [0.15, 0.2) is 0 Å². The van der Waals surface area contributed by atoms with E-state index < -0.39 is 0 Å². The van der Waals surface area contributed by atoms with Crippen LogP contribution in [-0.4, -0.2) is 28.3 Å². The first-order valence-corrected chi connectivity index (χ1v) is 8.34. The molecule has 0 radical (unpaired) electrons. The Bertz CT molecular complexity index is 833. The number of hydrogen-bond donors (Lipinski definition) is 0. The number of fused-ring (bicyclic) bond motifs is 1. The molecule has 0 spiro atoms. The van der Waals surface area contributed by atoms with E-state index in [2.05, 4.69) is 21.9 Å². The molecule has 0 saturated carbocycles. The van der Waals surface area contributed by atoms with Crippen molar-refractivity contribution in [2.45, 2.75) is 0 Å². The van der Waals surface area contributed by atoms with Gasteiger partial charge in [0.1, 0.15) is 0 Å². The molecule has 3 nitrogen and oxygen atoms in total. The average Bonchev–Trinajstić information content (AvgIpc) is 3.23. The van der Waals surface area contributed by atoms with Crippen molar-refractivity contribution in [1.82, 2.24) is 9.27 Å². The summed E-state index contributed by atoms with van der Waals surface area (Å²) in [5.74, 6) is 0.0867. The first kappa shape index (κ1) is 12.7. The molecule has 1 aliphatic rings. The van der Waals surface area contributed by atoms with Gasteiger partial charge in [-0.25, -0.2) is 0 Å². The molecule has 1 aliphatic heterocycles. The van der Waals surface area contributed by atoms with Gasteiger partial charge in [-0.1, -0.05) is 18.2 Å². The Morgan fingerprint density at radius 1 is 1.24 bits per heavy atom. The summed E-state index contributed by atoms with van der Waals surface area (Å²) < 4.78 is 5.25. The average molecular weight is 312 g/mol. The summed E-state index contributed by atoms with van der Waals surface area (Å²) in [6.45, 7) is 1.37. The molecule has 21 heavy (non-hydrogen) atoms. The summed E-state index contributed by atoms with van der Waals surface area (Å²) in [6.07, 6.45) is 3.94. The van der Waals surface area contributed by atoms with E-state index in [4.69, 9.17) is 0 Å². The van der Waals surface area contributed by atoms with E-state index in [-0.39, 0.29) is 5.91 Å². The number of amides is 1. The predicted molar refractivity (Wildman–Crippen MR) is 87.8 cm³/mol. The van der Waals surface area contributed by atoms with Gasteiger partial charge >= 0.3 is 0 Å². The minimum Gasteiger partial charge on any atom is -0.331 e. The van der Waals surface area contributed by atoms with Crippen LogP contribution in [0, 0.1) is 0 Å². The van der Waals surface area contributed by atoms with Crippen molar-refractivity contribution in [1.29, 1.82) is 0 Å². The molecule has 0 bridgehead atoms. The summed E-state index contributed by atoms with van der Waals surface area (Å²) in [7, 11) is 0. The molecule has 4 rings (SSSR count). The lowest BCUT2D eigenvalue weighted by molar-refractivity contribution is 0.0803. The molecule has 3 aromatic rings. The number of aromatic nitrogens is 1. The topological polar surface area (TPSA) is 33.2 Å². The van der Waals surface area contributed by atoms with Gasteiger partial charge in [0.05, 0.1) is 4.70 Å². The maximum absolute atomic E-state index is 12.7. The Labute approximate surface area is 130 Å². The molecule has 0 aliphatic carbocycles. The first-order chi connectivity index (χ1) is 10.3. The molecule has 0 atom stereocenters. The molecular weight excluding hydrogens is 300 g/mol. The third-order valence-electron chi connectivity index (χ3n) is 3.67. The van der Waals surface area contributed by atoms with E-state index in [1.54, 1.807) is 17.5 Å². The number of benzene rings is 1. The molecule has 3 heterocycles. The Kier molecular flexibility index (Phi) is 3.09. The fraction of sp³-hybridized carbons (Fsp3) is 0.125. The van der Waals surface area contributed by atoms with Gasteiger partial charge in [0.2, 0.25) is 0 Å². The highest BCUT2D eigenvalue weighted by Gasteiger charge is 2.23. The Hall–Kier alpha value is -1.98. The van der Waals surface area contributed by atoms with Crippen molar-refractivity contribution in [2.24, 2.45) is 0 Å². The van der Waals surface area contributed by atoms with E-state index in [0.29, 0.717) is 13.1 Å². The Balaban J connectivity index is 1.61. The first-order valence-electron chi connectivity index (χ1n) is 6.68. The normalized spacial score (nSPS) is 14.7. The second kappa shape index (κ2) is 5.09. The summed E-state index contributed by atoms with van der Waals surface area (Å²) in [5.41, 5.74) is 2.00. The molecule has 0 unspecified atom stereocenters. The van der Waals surface area contributed by atoms with Gasteiger partial charge in [-0.2, -0.15) is 4.37 Å². The summed E-state index contributed by atoms with van der Waals surface area (Å²) >= 11 is 3.15. The maximum atomic E-state index is 12.7. The number of nitrogens with zero attached hydrogens (tertiary/aromatic N) is 2. The highest BCUT2D eigenvalue weighted by Crippen LogP contribution is 2.28. The zero-order valence-electron chi connectivity index (χ0n) is 11.2. The van der Waals surface area contributed by atoms with E-state index >= 15 is 0 Å². The van der Waals surface area contributed by atoms with Gasteiger partial charge in [-0.15, -0.1) is 11.3 Å². The molecule has 1 aromatic carbocycles. The Morgan fingerprint density at radius 3 is 3.05 bits per heavy atom. The van der Waals surface area contributed by atoms with E-state index in [1.807, 2.05) is 29.2 Å². The number of carbonyl (C=O) groups is 1. The van der Waals surface area contributed by atoms with Crippen LogP contribution in [0.2, 0.25) is 0 Å². The van der Waals surface area contributed by atoms with Crippen LogP contribution in [0.5, 0.6) is 0 Å². The van der Waals surface area contributed by atoms with Crippen LogP contribution in [-0.2, 0) is 0 Å². The molecule has 104 valence electrons. The molecular formula is C16H12N2OS2. The highest BCUT2D eigenvalue weighted by molar-refractivity contribution is 7.13. The standard InChI is InChI=1S/C16H12N2OS2/c19-16(12-3-1-4-15-13(12)9-17-21-15)18-7-6-11(10-18)14-5-2-8-20-14/h1-6,8-9H,7,10H2. The van der Waals surface area contributed by atoms with Crippen LogP contribution in [0.1, 0.15) is 15.2 Å². The molecule has 0 saturated heterocycles. The third-order valence-corrected chi connectivity index (χ3v) is 5.38. The van der Waals surface area contributed by atoms with Crippen molar-refractivity contribution in [3.8, 4) is 0 Å². The van der Waals surface area contributed by atoms with Crippen LogP contribution >= 0.6 is 22.9 Å². The highest BCUT2D eigenvalue weighted by atomic mass is 32.1. The molecule has 2 aromatic heterocycles.